The van der Waals surface area contributed by atoms with Gasteiger partial charge in [-0.05, 0) is 38.6 Å². The molecule has 5 heteroatoms. The summed E-state index contributed by atoms with van der Waals surface area (Å²) in [7, 11) is 1.66. The summed E-state index contributed by atoms with van der Waals surface area (Å²) >= 11 is 0. The van der Waals surface area contributed by atoms with Crippen molar-refractivity contribution in [2.24, 2.45) is 5.92 Å². The van der Waals surface area contributed by atoms with Gasteiger partial charge in [-0.2, -0.15) is 5.10 Å². The summed E-state index contributed by atoms with van der Waals surface area (Å²) in [5, 5.41) is 10.8. The fourth-order valence-electron chi connectivity index (χ4n) is 2.83. The van der Waals surface area contributed by atoms with Crippen LogP contribution in [0.3, 0.4) is 0 Å². The first-order valence-corrected chi connectivity index (χ1v) is 7.60. The monoisotopic (exact) mass is 278 g/mol. The SMILES string of the molecule is CCn1nc(C(=O)NC)c2c1CCC(NCC(C)C)C2. The second-order valence-electron chi connectivity index (χ2n) is 5.91. The van der Waals surface area contributed by atoms with Crippen LogP contribution < -0.4 is 10.6 Å². The zero-order valence-electron chi connectivity index (χ0n) is 13.0. The minimum absolute atomic E-state index is 0.0713. The van der Waals surface area contributed by atoms with Crippen molar-refractivity contribution in [2.45, 2.75) is 52.6 Å². The molecule has 0 aliphatic heterocycles. The van der Waals surface area contributed by atoms with E-state index in [4.69, 9.17) is 0 Å². The van der Waals surface area contributed by atoms with Gasteiger partial charge in [-0.1, -0.05) is 13.8 Å². The zero-order valence-corrected chi connectivity index (χ0v) is 13.0. The molecule has 1 aliphatic rings. The Labute approximate surface area is 121 Å². The van der Waals surface area contributed by atoms with Crippen molar-refractivity contribution in [3.8, 4) is 0 Å². The van der Waals surface area contributed by atoms with Crippen molar-refractivity contribution < 1.29 is 4.79 Å². The number of aromatic nitrogens is 2. The van der Waals surface area contributed by atoms with Crippen molar-refractivity contribution in [3.63, 3.8) is 0 Å². The van der Waals surface area contributed by atoms with E-state index < -0.39 is 0 Å². The van der Waals surface area contributed by atoms with Gasteiger partial charge < -0.3 is 10.6 Å². The van der Waals surface area contributed by atoms with Crippen molar-refractivity contribution in [3.05, 3.63) is 17.0 Å². The van der Waals surface area contributed by atoms with Crippen LogP contribution in [0.2, 0.25) is 0 Å². The molecule has 5 nitrogen and oxygen atoms in total. The van der Waals surface area contributed by atoms with Gasteiger partial charge in [0.05, 0.1) is 0 Å². The number of carbonyl (C=O) groups excluding carboxylic acids is 1. The van der Waals surface area contributed by atoms with E-state index in [2.05, 4.69) is 36.5 Å². The van der Waals surface area contributed by atoms with Crippen LogP contribution in [0, 0.1) is 5.92 Å². The molecule has 1 aliphatic carbocycles. The lowest BCUT2D eigenvalue weighted by molar-refractivity contribution is 0.0956. The predicted molar refractivity (Wildman–Crippen MR) is 79.9 cm³/mol. The Morgan fingerprint density at radius 2 is 2.25 bits per heavy atom. The highest BCUT2D eigenvalue weighted by Gasteiger charge is 2.28. The van der Waals surface area contributed by atoms with Crippen molar-refractivity contribution >= 4 is 5.91 Å². The van der Waals surface area contributed by atoms with Crippen LogP contribution in [0.5, 0.6) is 0 Å². The molecule has 0 saturated carbocycles. The average Bonchev–Trinajstić information content (AvgIpc) is 2.82. The van der Waals surface area contributed by atoms with Gasteiger partial charge in [-0.3, -0.25) is 9.48 Å². The topological polar surface area (TPSA) is 59.0 Å². The van der Waals surface area contributed by atoms with Crippen LogP contribution in [0.1, 0.15) is 48.9 Å². The van der Waals surface area contributed by atoms with Gasteiger partial charge in [0.2, 0.25) is 0 Å². The zero-order chi connectivity index (χ0) is 14.7. The summed E-state index contributed by atoms with van der Waals surface area (Å²) in [6.07, 6.45) is 3.03. The van der Waals surface area contributed by atoms with Crippen LogP contribution in [0.15, 0.2) is 0 Å². The fourth-order valence-corrected chi connectivity index (χ4v) is 2.83. The lowest BCUT2D eigenvalue weighted by atomic mass is 9.91. The first kappa shape index (κ1) is 15.0. The number of nitrogens with zero attached hydrogens (tertiary/aromatic N) is 2. The summed E-state index contributed by atoms with van der Waals surface area (Å²) in [6.45, 7) is 8.35. The number of carbonyl (C=O) groups is 1. The van der Waals surface area contributed by atoms with E-state index in [1.54, 1.807) is 7.05 Å². The van der Waals surface area contributed by atoms with Crippen molar-refractivity contribution in [1.29, 1.82) is 0 Å². The number of hydrogen-bond acceptors (Lipinski definition) is 3. The molecule has 0 bridgehead atoms. The van der Waals surface area contributed by atoms with Gasteiger partial charge in [0.15, 0.2) is 5.69 Å². The summed E-state index contributed by atoms with van der Waals surface area (Å²) in [5.41, 5.74) is 2.99. The van der Waals surface area contributed by atoms with Gasteiger partial charge in [0.1, 0.15) is 0 Å². The van der Waals surface area contributed by atoms with E-state index in [-0.39, 0.29) is 5.91 Å². The maximum absolute atomic E-state index is 12.0. The molecule has 112 valence electrons. The van der Waals surface area contributed by atoms with Gasteiger partial charge in [-0.15, -0.1) is 0 Å². The Hall–Kier alpha value is -1.36. The molecule has 1 atom stereocenters. The van der Waals surface area contributed by atoms with Crippen LogP contribution in [0.25, 0.3) is 0 Å². The lowest BCUT2D eigenvalue weighted by Gasteiger charge is -2.25. The molecule has 1 aromatic rings. The molecule has 20 heavy (non-hydrogen) atoms. The maximum atomic E-state index is 12.0. The molecule has 1 aromatic heterocycles. The number of hydrogen-bond donors (Lipinski definition) is 2. The van der Waals surface area contributed by atoms with Crippen molar-refractivity contribution in [2.75, 3.05) is 13.6 Å². The molecule has 1 heterocycles. The second-order valence-corrected chi connectivity index (χ2v) is 5.91. The van der Waals surface area contributed by atoms with E-state index in [1.165, 1.54) is 5.69 Å². The Morgan fingerprint density at radius 1 is 1.50 bits per heavy atom. The van der Waals surface area contributed by atoms with Gasteiger partial charge in [0.25, 0.3) is 5.91 Å². The molecule has 2 N–H and O–H groups in total. The van der Waals surface area contributed by atoms with E-state index in [9.17, 15) is 4.79 Å². The van der Waals surface area contributed by atoms with Gasteiger partial charge in [-0.25, -0.2) is 0 Å². The van der Waals surface area contributed by atoms with Crippen LogP contribution in [-0.4, -0.2) is 35.3 Å². The predicted octanol–water partition coefficient (Wildman–Crippen LogP) is 1.37. The minimum Gasteiger partial charge on any atom is -0.354 e. The smallest absolute Gasteiger partial charge is 0.271 e. The third kappa shape index (κ3) is 3.03. The molecular formula is C15H26N4O. The molecular weight excluding hydrogens is 252 g/mol. The van der Waals surface area contributed by atoms with Crippen LogP contribution in [-0.2, 0) is 19.4 Å². The molecule has 0 radical (unpaired) electrons. The second kappa shape index (κ2) is 6.39. The van der Waals surface area contributed by atoms with Crippen LogP contribution >= 0.6 is 0 Å². The van der Waals surface area contributed by atoms with E-state index in [1.807, 2.05) is 4.68 Å². The Kier molecular flexibility index (Phi) is 4.81. The first-order valence-electron chi connectivity index (χ1n) is 7.60. The van der Waals surface area contributed by atoms with E-state index in [0.29, 0.717) is 17.7 Å². The highest BCUT2D eigenvalue weighted by molar-refractivity contribution is 5.93. The number of rotatable bonds is 5. The summed E-state index contributed by atoms with van der Waals surface area (Å²) < 4.78 is 1.98. The molecule has 1 unspecified atom stereocenters. The first-order chi connectivity index (χ1) is 9.56. The van der Waals surface area contributed by atoms with Crippen molar-refractivity contribution in [1.82, 2.24) is 20.4 Å². The van der Waals surface area contributed by atoms with Crippen LogP contribution in [0.4, 0.5) is 0 Å². The molecule has 0 saturated heterocycles. The van der Waals surface area contributed by atoms with Gasteiger partial charge >= 0.3 is 0 Å². The normalized spacial score (nSPS) is 18.1. The highest BCUT2D eigenvalue weighted by atomic mass is 16.1. The molecule has 0 aromatic carbocycles. The standard InChI is InChI=1S/C15H26N4O/c1-5-19-13-7-6-11(17-9-10(2)3)8-12(13)14(18-19)15(20)16-4/h10-11,17H,5-9H2,1-4H3,(H,16,20). The number of fused-ring (bicyclic) bond motifs is 1. The summed E-state index contributed by atoms with van der Waals surface area (Å²) in [6, 6.07) is 0.461. The molecule has 2 rings (SSSR count). The minimum atomic E-state index is -0.0713. The Bertz CT molecular complexity index is 478. The number of amides is 1. The lowest BCUT2D eigenvalue weighted by Crippen LogP contribution is -2.37. The number of aryl methyl sites for hydroxylation is 1. The molecule has 0 spiro atoms. The maximum Gasteiger partial charge on any atom is 0.271 e. The summed E-state index contributed by atoms with van der Waals surface area (Å²) in [4.78, 5) is 12.0. The van der Waals surface area contributed by atoms with Gasteiger partial charge in [0, 0.05) is 30.9 Å². The third-order valence-corrected chi connectivity index (χ3v) is 3.90. The summed E-state index contributed by atoms with van der Waals surface area (Å²) in [5.74, 6) is 0.575. The molecule has 1 amide bonds. The third-order valence-electron chi connectivity index (χ3n) is 3.90. The largest absolute Gasteiger partial charge is 0.354 e. The van der Waals surface area contributed by atoms with E-state index >= 15 is 0 Å². The average molecular weight is 278 g/mol. The Morgan fingerprint density at radius 3 is 2.85 bits per heavy atom. The number of nitrogens with one attached hydrogen (secondary N) is 2. The van der Waals surface area contributed by atoms with E-state index in [0.717, 1.165) is 37.9 Å². The molecule has 0 fully saturated rings. The quantitative estimate of drug-likeness (QED) is 0.855. The highest BCUT2D eigenvalue weighted by Crippen LogP contribution is 2.25. The Balaban J connectivity index is 2.20. The fraction of sp³-hybridized carbons (Fsp3) is 0.733.